The minimum absolute atomic E-state index is 0. The molecular formula is C28H20N9Na3O11S3. The molecular weight excluding hydrogens is 804 g/mol. The number of β-lactam (4-membered cyclic amide) rings is 1. The molecule has 1 saturated heterocycles. The zero-order valence-corrected chi connectivity index (χ0v) is 37.0. The first kappa shape index (κ1) is 45.4. The summed E-state index contributed by atoms with van der Waals surface area (Å²) in [5, 5.41) is 65.7. The van der Waals surface area contributed by atoms with E-state index in [1.54, 1.807) is 13.0 Å². The number of aliphatic carboxylic acids is 1. The molecule has 4 aromatic rings. The number of nitrogens with zero attached hydrogens (tertiary/aromatic N) is 7. The molecule has 2 amide bonds. The topological polar surface area (TPSA) is 314 Å². The summed E-state index contributed by atoms with van der Waals surface area (Å²) in [6, 6.07) is 2.04. The molecule has 2 aliphatic rings. The molecule has 0 bridgehead atoms. The summed E-state index contributed by atoms with van der Waals surface area (Å²) in [5.41, 5.74) is 4.95. The Kier molecular flexibility index (Phi) is 15.8. The Balaban J connectivity index is 0.00000261. The Morgan fingerprint density at radius 2 is 1.76 bits per heavy atom. The number of fused-ring (bicyclic) bond motifs is 2. The number of thioether (sulfide) groups is 2. The van der Waals surface area contributed by atoms with Gasteiger partial charge in [0.15, 0.2) is 28.2 Å². The molecule has 54 heavy (non-hydrogen) atoms. The fourth-order valence-corrected chi connectivity index (χ4v) is 8.08. The summed E-state index contributed by atoms with van der Waals surface area (Å²) in [6.45, 7) is 1.04. The average molecular weight is 824 g/mol. The second-order valence-electron chi connectivity index (χ2n) is 10.6. The van der Waals surface area contributed by atoms with Gasteiger partial charge in [-0.2, -0.15) is 9.50 Å². The Hall–Kier alpha value is -2.94. The van der Waals surface area contributed by atoms with E-state index in [4.69, 9.17) is 10.6 Å². The number of anilines is 1. The number of aromatic hydroxyl groups is 2. The molecule has 0 spiro atoms. The quantitative estimate of drug-likeness (QED) is 0.0196. The summed E-state index contributed by atoms with van der Waals surface area (Å²) in [5.74, 6) is -8.46. The Morgan fingerprint density at radius 1 is 1.06 bits per heavy atom. The number of carbonyl (C=O) groups is 5. The van der Waals surface area contributed by atoms with Crippen LogP contribution in [0.1, 0.15) is 37.9 Å². The van der Waals surface area contributed by atoms with Crippen LogP contribution in [-0.2, 0) is 25.8 Å². The number of carboxylic acids is 3. The molecule has 6 rings (SSSR count). The van der Waals surface area contributed by atoms with E-state index < -0.39 is 76.3 Å². The van der Waals surface area contributed by atoms with Crippen molar-refractivity contribution in [1.29, 1.82) is 0 Å². The van der Waals surface area contributed by atoms with Crippen LogP contribution < -0.4 is 115 Å². The van der Waals surface area contributed by atoms with Crippen LogP contribution in [-0.4, -0.2) is 98.0 Å². The van der Waals surface area contributed by atoms with Gasteiger partial charge in [-0.25, -0.2) is 9.97 Å². The number of hydrogen-bond donors (Lipinski definition) is 4. The number of hydrogen-bond acceptors (Lipinski definition) is 20. The van der Waals surface area contributed by atoms with Crippen molar-refractivity contribution in [2.75, 3.05) is 17.2 Å². The van der Waals surface area contributed by atoms with Crippen molar-refractivity contribution in [2.24, 2.45) is 5.16 Å². The van der Waals surface area contributed by atoms with Crippen LogP contribution in [0.3, 0.4) is 0 Å². The van der Waals surface area contributed by atoms with Gasteiger partial charge >= 0.3 is 88.7 Å². The molecule has 0 saturated carbocycles. The number of rotatable bonds is 12. The molecule has 2 atom stereocenters. The van der Waals surface area contributed by atoms with Gasteiger partial charge in [-0.3, -0.25) is 14.5 Å². The van der Waals surface area contributed by atoms with Gasteiger partial charge in [0.05, 0.1) is 17.6 Å². The van der Waals surface area contributed by atoms with Crippen molar-refractivity contribution in [3.63, 3.8) is 0 Å². The zero-order valence-electron chi connectivity index (χ0n) is 28.6. The summed E-state index contributed by atoms with van der Waals surface area (Å²) < 4.78 is 1.18. The number of carbonyl (C=O) groups excluding carboxylic acids is 5. The predicted octanol–water partition coefficient (Wildman–Crippen LogP) is -12.3. The van der Waals surface area contributed by atoms with Crippen molar-refractivity contribution in [3.8, 4) is 11.5 Å². The second-order valence-corrected chi connectivity index (χ2v) is 13.6. The van der Waals surface area contributed by atoms with Gasteiger partial charge < -0.3 is 55.8 Å². The van der Waals surface area contributed by atoms with Crippen LogP contribution in [0.4, 0.5) is 5.13 Å². The van der Waals surface area contributed by atoms with Crippen LogP contribution in [0.2, 0.25) is 0 Å². The van der Waals surface area contributed by atoms with Gasteiger partial charge in [0, 0.05) is 33.7 Å². The molecule has 264 valence electrons. The van der Waals surface area contributed by atoms with E-state index in [-0.39, 0.29) is 128 Å². The van der Waals surface area contributed by atoms with Crippen LogP contribution in [0.25, 0.3) is 5.78 Å². The number of aryl methyl sites for hydroxylation is 1. The number of nitrogens with two attached hydrogens (primary N) is 1. The molecule has 1 aromatic carbocycles. The number of carboxylic acid groups (broad SMARTS) is 3. The average Bonchev–Trinajstić information content (AvgIpc) is 3.71. The van der Waals surface area contributed by atoms with E-state index in [2.05, 4.69) is 30.5 Å². The van der Waals surface area contributed by atoms with E-state index in [0.717, 1.165) is 51.9 Å². The third kappa shape index (κ3) is 9.35. The first-order valence-electron chi connectivity index (χ1n) is 14.2. The molecule has 5 N–H and O–H groups in total. The fourth-order valence-electron chi connectivity index (χ4n) is 4.99. The monoisotopic (exact) mass is 823 g/mol. The van der Waals surface area contributed by atoms with Crippen LogP contribution in [0.15, 0.2) is 45.0 Å². The van der Waals surface area contributed by atoms with E-state index in [1.165, 1.54) is 9.90 Å². The minimum Gasteiger partial charge on any atom is -0.545 e. The van der Waals surface area contributed by atoms with Gasteiger partial charge in [0.25, 0.3) is 17.6 Å². The van der Waals surface area contributed by atoms with Crippen molar-refractivity contribution in [3.05, 3.63) is 63.2 Å². The van der Waals surface area contributed by atoms with Crippen molar-refractivity contribution in [1.82, 2.24) is 34.8 Å². The fraction of sp³-hybridized carbons (Fsp3) is 0.214. The number of nitrogen functional groups attached to an aromatic ring is 1. The first-order valence-corrected chi connectivity index (χ1v) is 17.1. The molecule has 2 aliphatic heterocycles. The minimum atomic E-state index is -1.69. The zero-order chi connectivity index (χ0) is 36.7. The van der Waals surface area contributed by atoms with Crippen LogP contribution in [0.5, 0.6) is 11.5 Å². The summed E-state index contributed by atoms with van der Waals surface area (Å²) in [4.78, 5) is 80.0. The third-order valence-electron chi connectivity index (χ3n) is 7.29. The maximum atomic E-state index is 13.5. The maximum Gasteiger partial charge on any atom is 1.00 e. The van der Waals surface area contributed by atoms with Crippen molar-refractivity contribution >= 4 is 81.2 Å². The molecule has 0 aliphatic carbocycles. The Morgan fingerprint density at radius 3 is 2.39 bits per heavy atom. The van der Waals surface area contributed by atoms with Gasteiger partial charge in [-0.15, -0.1) is 40.0 Å². The molecule has 0 unspecified atom stereocenters. The Bertz CT molecular complexity index is 2230. The summed E-state index contributed by atoms with van der Waals surface area (Å²) in [6.07, 6.45) is 0. The van der Waals surface area contributed by atoms with Crippen LogP contribution >= 0.6 is 34.9 Å². The van der Waals surface area contributed by atoms with Crippen molar-refractivity contribution < 1.29 is 143 Å². The van der Waals surface area contributed by atoms with E-state index in [1.807, 2.05) is 0 Å². The standard InChI is InChI=1S/C28H23N9O11S3.3Na/c1-9-2-16(37-28(30-9)33-20(34-37)26(46)47)49-6-11-7-50-23-18(22(41)36(23)19(11)25(44)45)32-21(40)17(13-8-51-27(29)31-13)35-48-5-10-3-14(38)15(39)4-12(10)24(42)43;;;/h2-4,8,18,23,38-39H,5-7H2,1H3,(H2,29,31)(H,32,40)(H,42,43)(H,44,45)(H,46,47);;;/q;3*+1/p-3/b35-17-;;;/t18-,23-;;;/m1.../s1. The number of oxime groups is 1. The summed E-state index contributed by atoms with van der Waals surface area (Å²) >= 11 is 3.22. The number of benzene rings is 1. The molecule has 0 radical (unpaired) electrons. The number of aromatic nitrogens is 5. The molecule has 26 heteroatoms. The van der Waals surface area contributed by atoms with Gasteiger partial charge in [-0.1, -0.05) is 5.16 Å². The SMILES string of the molecule is Cc1cc(SCC2=C(C(=O)[O-])N3C(=O)[C@@H](NC(=O)/C(=N\OCc4cc(O)c(O)cc4C(=O)[O-])c4csc(N)n4)[C@H]3SC2)n2nc(C(=O)[O-])nc2n1.[Na+].[Na+].[Na+]. The van der Waals surface area contributed by atoms with Crippen LogP contribution in [0, 0.1) is 6.92 Å². The third-order valence-corrected chi connectivity index (χ3v) is 10.4. The van der Waals surface area contributed by atoms with E-state index in [0.29, 0.717) is 16.3 Å². The predicted molar refractivity (Wildman–Crippen MR) is 170 cm³/mol. The maximum absolute atomic E-state index is 13.5. The van der Waals surface area contributed by atoms with E-state index >= 15 is 0 Å². The Labute approximate surface area is 381 Å². The smallest absolute Gasteiger partial charge is 0.545 e. The molecule has 20 nitrogen and oxygen atoms in total. The van der Waals surface area contributed by atoms with Gasteiger partial charge in [-0.05, 0) is 30.7 Å². The largest absolute Gasteiger partial charge is 1.00 e. The van der Waals surface area contributed by atoms with E-state index in [9.17, 15) is 49.5 Å². The summed E-state index contributed by atoms with van der Waals surface area (Å²) in [7, 11) is 0. The first-order chi connectivity index (χ1) is 24.2. The van der Waals surface area contributed by atoms with Gasteiger partial charge in [0.2, 0.25) is 0 Å². The second kappa shape index (κ2) is 18.8. The number of thiazole rings is 1. The molecule has 5 heterocycles. The van der Waals surface area contributed by atoms with Gasteiger partial charge in [0.1, 0.15) is 34.7 Å². The number of aromatic carboxylic acids is 2. The van der Waals surface area contributed by atoms with Crippen molar-refractivity contribution in [2.45, 2.75) is 30.0 Å². The number of phenols is 2. The number of amides is 2. The number of phenolic OH excluding ortho intramolecular Hbond substituents is 2. The number of nitrogens with one attached hydrogen (secondary N) is 1. The molecule has 3 aromatic heterocycles. The molecule has 1 fully saturated rings. The normalized spacial score (nSPS) is 16.3.